The number of carbonyl (C=O) groups excluding carboxylic acids is 1. The second kappa shape index (κ2) is 12.1. The minimum absolute atomic E-state index is 0.135. The molecule has 3 aromatic carbocycles. The number of aliphatic imine (C=N–C) groups is 1. The molecule has 1 atom stereocenters. The molecule has 5 rings (SSSR count). The Morgan fingerprint density at radius 1 is 1.02 bits per heavy atom. The summed E-state index contributed by atoms with van der Waals surface area (Å²) in [4.78, 5) is 30.9. The van der Waals surface area contributed by atoms with Crippen LogP contribution < -0.4 is 10.1 Å². The minimum Gasteiger partial charge on any atom is -0.488 e. The Hall–Kier alpha value is -4.23. The van der Waals surface area contributed by atoms with Gasteiger partial charge in [-0.1, -0.05) is 63.2 Å². The highest BCUT2D eigenvalue weighted by Gasteiger charge is 2.33. The molecule has 0 aliphatic heterocycles. The van der Waals surface area contributed by atoms with Gasteiger partial charge in [-0.15, -0.1) is 11.3 Å². The van der Waals surface area contributed by atoms with E-state index in [-0.39, 0.29) is 23.5 Å². The van der Waals surface area contributed by atoms with Crippen molar-refractivity contribution in [1.29, 1.82) is 0 Å². The van der Waals surface area contributed by atoms with Gasteiger partial charge in [-0.2, -0.15) is 0 Å². The monoisotopic (exact) mass is 566 g/mol. The van der Waals surface area contributed by atoms with E-state index in [4.69, 9.17) is 14.8 Å². The average Bonchev–Trinajstić information content (AvgIpc) is 3.33. The molecule has 0 unspecified atom stereocenters. The Bertz CT molecular complexity index is 1570. The van der Waals surface area contributed by atoms with Gasteiger partial charge in [-0.05, 0) is 78.1 Å². The molecule has 1 heterocycles. The number of aromatic carboxylic acids is 1. The van der Waals surface area contributed by atoms with Gasteiger partial charge >= 0.3 is 5.97 Å². The highest BCUT2D eigenvalue weighted by Crippen LogP contribution is 2.45. The number of benzene rings is 3. The first-order valence-corrected chi connectivity index (χ1v) is 14.6. The second-order valence-electron chi connectivity index (χ2n) is 11.4. The summed E-state index contributed by atoms with van der Waals surface area (Å²) in [5.41, 5.74) is 4.62. The van der Waals surface area contributed by atoms with Crippen molar-refractivity contribution in [3.8, 4) is 5.75 Å². The maximum absolute atomic E-state index is 13.6. The molecule has 1 aromatic heterocycles. The van der Waals surface area contributed by atoms with Crippen LogP contribution in [0.15, 0.2) is 83.9 Å². The molecule has 7 heteroatoms. The van der Waals surface area contributed by atoms with Crippen LogP contribution in [-0.4, -0.2) is 23.2 Å². The van der Waals surface area contributed by atoms with Crippen LogP contribution in [0.4, 0.5) is 10.7 Å². The first-order chi connectivity index (χ1) is 19.7. The molecule has 0 spiro atoms. The number of rotatable bonds is 8. The Morgan fingerprint density at radius 2 is 1.73 bits per heavy atom. The van der Waals surface area contributed by atoms with Crippen LogP contribution in [0.5, 0.6) is 5.75 Å². The lowest BCUT2D eigenvalue weighted by Crippen LogP contribution is -2.27. The molecule has 0 bridgehead atoms. The molecule has 0 radical (unpaired) electrons. The standard InChI is InChI=1S/C34H34N2O4S/c1-34(2,3)25-17-18-27-29(19-25)41-32(30(27)31(37)36-26-10-5-4-6-11-26)35-20-24-9-7-8-12-28(24)40-21-22-13-15-23(16-14-22)33(38)39/h4-16,20,25H,17-19,21H2,1-3H3,(H,36,37)(H,38,39)/t25-/m1/s1. The van der Waals surface area contributed by atoms with Gasteiger partial charge in [0.25, 0.3) is 5.91 Å². The van der Waals surface area contributed by atoms with E-state index in [1.54, 1.807) is 41.8 Å². The summed E-state index contributed by atoms with van der Waals surface area (Å²) >= 11 is 1.61. The van der Waals surface area contributed by atoms with Gasteiger partial charge < -0.3 is 15.2 Å². The normalized spacial score (nSPS) is 15.0. The van der Waals surface area contributed by atoms with E-state index in [1.807, 2.05) is 54.6 Å². The summed E-state index contributed by atoms with van der Waals surface area (Å²) in [5.74, 6) is 0.113. The predicted molar refractivity (Wildman–Crippen MR) is 165 cm³/mol. The average molecular weight is 567 g/mol. The first kappa shape index (κ1) is 28.3. The summed E-state index contributed by atoms with van der Waals surface area (Å²) in [5, 5.41) is 12.9. The molecule has 6 nitrogen and oxygen atoms in total. The number of carboxylic acids is 1. The summed E-state index contributed by atoms with van der Waals surface area (Å²) < 4.78 is 6.09. The molecule has 0 saturated carbocycles. The number of carboxylic acid groups (broad SMARTS) is 1. The van der Waals surface area contributed by atoms with Crippen LogP contribution in [0.3, 0.4) is 0 Å². The molecule has 1 aliphatic rings. The van der Waals surface area contributed by atoms with E-state index < -0.39 is 5.97 Å². The zero-order chi connectivity index (χ0) is 29.0. The number of fused-ring (bicyclic) bond motifs is 1. The topological polar surface area (TPSA) is 88.0 Å². The van der Waals surface area contributed by atoms with Gasteiger partial charge in [-0.25, -0.2) is 9.79 Å². The molecule has 0 saturated heterocycles. The van der Waals surface area contributed by atoms with Crippen LogP contribution in [0.25, 0.3) is 0 Å². The number of anilines is 1. The second-order valence-corrected chi connectivity index (χ2v) is 12.5. The maximum Gasteiger partial charge on any atom is 0.335 e. The minimum atomic E-state index is -0.958. The van der Waals surface area contributed by atoms with Crippen molar-refractivity contribution in [3.63, 3.8) is 0 Å². The number of amides is 1. The SMILES string of the molecule is CC(C)(C)[C@@H]1CCc2c(sc(N=Cc3ccccc3OCc3ccc(C(=O)O)cc3)c2C(=O)Nc2ccccc2)C1. The molecule has 1 aliphatic carbocycles. The number of ether oxygens (including phenoxy) is 1. The number of hydrogen-bond donors (Lipinski definition) is 2. The molecule has 0 fully saturated rings. The third-order valence-electron chi connectivity index (χ3n) is 7.57. The largest absolute Gasteiger partial charge is 0.488 e. The van der Waals surface area contributed by atoms with Crippen molar-refractivity contribution >= 4 is 40.1 Å². The summed E-state index contributed by atoms with van der Waals surface area (Å²) in [6.45, 7) is 7.15. The molecule has 1 amide bonds. The van der Waals surface area contributed by atoms with Crippen molar-refractivity contribution in [2.24, 2.45) is 16.3 Å². The number of para-hydroxylation sites is 2. The predicted octanol–water partition coefficient (Wildman–Crippen LogP) is 8.18. The van der Waals surface area contributed by atoms with E-state index in [2.05, 4.69) is 26.1 Å². The summed E-state index contributed by atoms with van der Waals surface area (Å²) in [7, 11) is 0. The van der Waals surface area contributed by atoms with Gasteiger partial charge in [-0.3, -0.25) is 4.79 Å². The highest BCUT2D eigenvalue weighted by molar-refractivity contribution is 7.16. The fourth-order valence-corrected chi connectivity index (χ4v) is 6.37. The number of hydrogen-bond acceptors (Lipinski definition) is 5. The van der Waals surface area contributed by atoms with Crippen LogP contribution in [-0.2, 0) is 19.4 Å². The van der Waals surface area contributed by atoms with Gasteiger partial charge in [0.2, 0.25) is 0 Å². The van der Waals surface area contributed by atoms with E-state index >= 15 is 0 Å². The zero-order valence-corrected chi connectivity index (χ0v) is 24.3. The van der Waals surface area contributed by atoms with Crippen LogP contribution in [0, 0.1) is 11.3 Å². The van der Waals surface area contributed by atoms with E-state index in [0.29, 0.717) is 22.2 Å². The van der Waals surface area contributed by atoms with Gasteiger partial charge in [0, 0.05) is 22.3 Å². The van der Waals surface area contributed by atoms with Crippen molar-refractivity contribution in [1.82, 2.24) is 0 Å². The van der Waals surface area contributed by atoms with Crippen molar-refractivity contribution in [3.05, 3.63) is 112 Å². The quantitative estimate of drug-likeness (QED) is 0.211. The van der Waals surface area contributed by atoms with E-state index in [1.165, 1.54) is 4.88 Å². The van der Waals surface area contributed by atoms with Gasteiger partial charge in [0.1, 0.15) is 17.4 Å². The van der Waals surface area contributed by atoms with Crippen molar-refractivity contribution < 1.29 is 19.4 Å². The van der Waals surface area contributed by atoms with Crippen molar-refractivity contribution in [2.45, 2.75) is 46.6 Å². The van der Waals surface area contributed by atoms with Crippen molar-refractivity contribution in [2.75, 3.05) is 5.32 Å². The van der Waals surface area contributed by atoms with Crippen LogP contribution in [0.2, 0.25) is 0 Å². The lowest BCUT2D eigenvalue weighted by Gasteiger charge is -2.33. The Labute approximate surface area is 244 Å². The molecule has 4 aromatic rings. The summed E-state index contributed by atoms with van der Waals surface area (Å²) in [6, 6.07) is 23.8. The van der Waals surface area contributed by atoms with E-state index in [9.17, 15) is 9.59 Å². The van der Waals surface area contributed by atoms with Gasteiger partial charge in [0.05, 0.1) is 11.1 Å². The van der Waals surface area contributed by atoms with Gasteiger partial charge in [0.15, 0.2) is 0 Å². The van der Waals surface area contributed by atoms with Crippen LogP contribution in [0.1, 0.15) is 69.5 Å². The molecular weight excluding hydrogens is 532 g/mol. The lowest BCUT2D eigenvalue weighted by molar-refractivity contribution is 0.0696. The fourth-order valence-electron chi connectivity index (χ4n) is 5.10. The third kappa shape index (κ3) is 6.74. The first-order valence-electron chi connectivity index (χ1n) is 13.8. The summed E-state index contributed by atoms with van der Waals surface area (Å²) in [6.07, 6.45) is 4.62. The molecule has 210 valence electrons. The Morgan fingerprint density at radius 3 is 2.44 bits per heavy atom. The Balaban J connectivity index is 1.42. The van der Waals surface area contributed by atoms with E-state index in [0.717, 1.165) is 41.6 Å². The number of thiophene rings is 1. The zero-order valence-electron chi connectivity index (χ0n) is 23.5. The smallest absolute Gasteiger partial charge is 0.335 e. The fraction of sp³-hybridized carbons (Fsp3) is 0.265. The molecular formula is C34H34N2O4S. The highest BCUT2D eigenvalue weighted by atomic mass is 32.1. The van der Waals surface area contributed by atoms with Crippen LogP contribution >= 0.6 is 11.3 Å². The Kier molecular flexibility index (Phi) is 8.36. The maximum atomic E-state index is 13.6. The number of nitrogens with one attached hydrogen (secondary N) is 1. The lowest BCUT2D eigenvalue weighted by atomic mass is 9.72. The number of carbonyl (C=O) groups is 2. The molecule has 2 N–H and O–H groups in total. The molecule has 41 heavy (non-hydrogen) atoms. The number of nitrogens with zero attached hydrogens (tertiary/aromatic N) is 1. The third-order valence-corrected chi connectivity index (χ3v) is 8.73.